The number of nitrogens with zero attached hydrogens (tertiary/aromatic N) is 1. The molecule has 0 saturated carbocycles. The Hall–Kier alpha value is -0.790. The predicted molar refractivity (Wildman–Crippen MR) is 74.4 cm³/mol. The molecule has 1 fully saturated rings. The van der Waals surface area contributed by atoms with E-state index in [9.17, 15) is 0 Å². The Morgan fingerprint density at radius 1 is 1.29 bits per heavy atom. The van der Waals surface area contributed by atoms with Gasteiger partial charge in [0.15, 0.2) is 0 Å². The van der Waals surface area contributed by atoms with E-state index in [1.54, 1.807) is 0 Å². The van der Waals surface area contributed by atoms with Gasteiger partial charge in [-0.3, -0.25) is 4.90 Å². The van der Waals surface area contributed by atoms with Crippen LogP contribution in [0.1, 0.15) is 24.8 Å². The van der Waals surface area contributed by atoms with Crippen molar-refractivity contribution in [3.8, 4) is 0 Å². The highest BCUT2D eigenvalue weighted by molar-refractivity contribution is 6.19. The van der Waals surface area contributed by atoms with E-state index in [1.165, 1.54) is 30.4 Å². The van der Waals surface area contributed by atoms with Gasteiger partial charge in [-0.1, -0.05) is 43.3 Å². The largest absolute Gasteiger partial charge is 0.292 e. The Balaban J connectivity index is 2.04. The SMILES string of the molecule is C=C(CCl)C1CCCCN1Cc1ccccc1. The molecule has 0 radical (unpaired) electrons. The third kappa shape index (κ3) is 3.34. The minimum Gasteiger partial charge on any atom is -0.292 e. The summed E-state index contributed by atoms with van der Waals surface area (Å²) in [6, 6.07) is 11.1. The second-order valence-electron chi connectivity index (χ2n) is 4.76. The van der Waals surface area contributed by atoms with Crippen LogP contribution in [0.4, 0.5) is 0 Å². The summed E-state index contributed by atoms with van der Waals surface area (Å²) in [6.07, 6.45) is 3.79. The van der Waals surface area contributed by atoms with Crippen molar-refractivity contribution >= 4 is 11.6 Å². The van der Waals surface area contributed by atoms with Crippen LogP contribution < -0.4 is 0 Å². The van der Waals surface area contributed by atoms with E-state index in [2.05, 4.69) is 41.8 Å². The number of piperidine rings is 1. The maximum atomic E-state index is 5.93. The van der Waals surface area contributed by atoms with Crippen LogP contribution in [0.5, 0.6) is 0 Å². The normalized spacial score (nSPS) is 21.4. The van der Waals surface area contributed by atoms with Crippen LogP contribution in [0, 0.1) is 0 Å². The maximum absolute atomic E-state index is 5.93. The Morgan fingerprint density at radius 2 is 2.06 bits per heavy atom. The topological polar surface area (TPSA) is 3.24 Å². The number of likely N-dealkylation sites (tertiary alicyclic amines) is 1. The highest BCUT2D eigenvalue weighted by Crippen LogP contribution is 2.24. The maximum Gasteiger partial charge on any atom is 0.0446 e. The molecule has 1 saturated heterocycles. The molecule has 2 heteroatoms. The van der Waals surface area contributed by atoms with E-state index < -0.39 is 0 Å². The third-order valence-electron chi connectivity index (χ3n) is 3.49. The number of rotatable bonds is 4. The molecule has 0 N–H and O–H groups in total. The first kappa shape index (κ1) is 12.7. The standard InChI is InChI=1S/C15H20ClN/c1-13(11-16)15-9-5-6-10-17(15)12-14-7-3-2-4-8-14/h2-4,7-8,15H,1,5-6,9-12H2. The molecule has 0 aromatic heterocycles. The lowest BCUT2D eigenvalue weighted by Crippen LogP contribution is -2.40. The first-order valence-corrected chi connectivity index (χ1v) is 6.86. The second-order valence-corrected chi connectivity index (χ2v) is 5.03. The molecule has 2 rings (SSSR count). The molecule has 1 aliphatic rings. The molecule has 0 aliphatic carbocycles. The molecule has 1 aliphatic heterocycles. The summed E-state index contributed by atoms with van der Waals surface area (Å²) < 4.78 is 0. The van der Waals surface area contributed by atoms with Crippen molar-refractivity contribution in [2.45, 2.75) is 31.8 Å². The lowest BCUT2D eigenvalue weighted by atomic mass is 9.96. The van der Waals surface area contributed by atoms with Gasteiger partial charge in [0.2, 0.25) is 0 Å². The molecule has 1 aromatic rings. The minimum absolute atomic E-state index is 0.474. The first-order chi connectivity index (χ1) is 8.31. The van der Waals surface area contributed by atoms with Gasteiger partial charge in [0.25, 0.3) is 0 Å². The van der Waals surface area contributed by atoms with Gasteiger partial charge in [0.1, 0.15) is 0 Å². The average Bonchev–Trinajstić information content (AvgIpc) is 2.40. The molecule has 1 heterocycles. The van der Waals surface area contributed by atoms with Gasteiger partial charge in [-0.15, -0.1) is 11.6 Å². The fraction of sp³-hybridized carbons (Fsp3) is 0.467. The van der Waals surface area contributed by atoms with Gasteiger partial charge in [-0.05, 0) is 30.5 Å². The summed E-state index contributed by atoms with van der Waals surface area (Å²) in [5, 5.41) is 0. The van der Waals surface area contributed by atoms with Gasteiger partial charge in [-0.25, -0.2) is 0 Å². The summed E-state index contributed by atoms with van der Waals surface area (Å²) in [4.78, 5) is 2.52. The van der Waals surface area contributed by atoms with Gasteiger partial charge in [0, 0.05) is 18.5 Å². The molecule has 0 bridgehead atoms. The Labute approximate surface area is 109 Å². The van der Waals surface area contributed by atoms with Crippen LogP contribution in [0.3, 0.4) is 0 Å². The Kier molecular flexibility index (Phi) is 4.64. The summed E-state index contributed by atoms with van der Waals surface area (Å²) in [5.41, 5.74) is 2.55. The number of hydrogen-bond donors (Lipinski definition) is 0. The first-order valence-electron chi connectivity index (χ1n) is 6.33. The lowest BCUT2D eigenvalue weighted by Gasteiger charge is -2.36. The highest BCUT2D eigenvalue weighted by Gasteiger charge is 2.23. The highest BCUT2D eigenvalue weighted by atomic mass is 35.5. The fourth-order valence-electron chi connectivity index (χ4n) is 2.55. The van der Waals surface area contributed by atoms with E-state index in [-0.39, 0.29) is 0 Å². The van der Waals surface area contributed by atoms with E-state index in [0.717, 1.165) is 13.1 Å². The summed E-state index contributed by atoms with van der Waals surface area (Å²) in [5.74, 6) is 0.579. The van der Waals surface area contributed by atoms with Gasteiger partial charge >= 0.3 is 0 Å². The van der Waals surface area contributed by atoms with Gasteiger partial charge < -0.3 is 0 Å². The molecule has 0 amide bonds. The molecule has 92 valence electrons. The number of benzene rings is 1. The van der Waals surface area contributed by atoms with E-state index in [4.69, 9.17) is 11.6 Å². The van der Waals surface area contributed by atoms with E-state index in [1.807, 2.05) is 0 Å². The molecular formula is C15H20ClN. The predicted octanol–water partition coefficient (Wildman–Crippen LogP) is 3.84. The van der Waals surface area contributed by atoms with Crippen LogP contribution in [0.15, 0.2) is 42.5 Å². The zero-order valence-electron chi connectivity index (χ0n) is 10.2. The van der Waals surface area contributed by atoms with Crippen molar-refractivity contribution in [3.63, 3.8) is 0 Å². The summed E-state index contributed by atoms with van der Waals surface area (Å²) in [6.45, 7) is 6.29. The van der Waals surface area contributed by atoms with Crippen molar-refractivity contribution < 1.29 is 0 Å². The molecule has 1 nitrogen and oxygen atoms in total. The van der Waals surface area contributed by atoms with E-state index >= 15 is 0 Å². The molecule has 0 spiro atoms. The lowest BCUT2D eigenvalue weighted by molar-refractivity contribution is 0.164. The van der Waals surface area contributed by atoms with Crippen LogP contribution in [0.25, 0.3) is 0 Å². The molecule has 17 heavy (non-hydrogen) atoms. The summed E-state index contributed by atoms with van der Waals surface area (Å²) in [7, 11) is 0. The van der Waals surface area contributed by atoms with Crippen molar-refractivity contribution in [1.82, 2.24) is 4.90 Å². The van der Waals surface area contributed by atoms with Gasteiger partial charge in [0.05, 0.1) is 0 Å². The van der Waals surface area contributed by atoms with Crippen LogP contribution in [0.2, 0.25) is 0 Å². The Bertz CT molecular complexity index is 360. The number of hydrogen-bond acceptors (Lipinski definition) is 1. The van der Waals surface area contributed by atoms with Crippen LogP contribution >= 0.6 is 11.6 Å². The quantitative estimate of drug-likeness (QED) is 0.579. The van der Waals surface area contributed by atoms with E-state index in [0.29, 0.717) is 11.9 Å². The van der Waals surface area contributed by atoms with Crippen LogP contribution in [-0.2, 0) is 6.54 Å². The minimum atomic E-state index is 0.474. The van der Waals surface area contributed by atoms with Gasteiger partial charge in [-0.2, -0.15) is 0 Å². The Morgan fingerprint density at radius 3 is 2.76 bits per heavy atom. The van der Waals surface area contributed by atoms with Crippen molar-refractivity contribution in [2.24, 2.45) is 0 Å². The number of halogens is 1. The molecule has 1 aromatic carbocycles. The monoisotopic (exact) mass is 249 g/mol. The molecule has 1 atom stereocenters. The van der Waals surface area contributed by atoms with Crippen LogP contribution in [-0.4, -0.2) is 23.4 Å². The molecular weight excluding hydrogens is 230 g/mol. The average molecular weight is 250 g/mol. The third-order valence-corrected chi connectivity index (χ3v) is 3.83. The second kappa shape index (κ2) is 6.23. The molecule has 1 unspecified atom stereocenters. The zero-order valence-corrected chi connectivity index (χ0v) is 11.0. The zero-order chi connectivity index (χ0) is 12.1. The number of alkyl halides is 1. The van der Waals surface area contributed by atoms with Crippen molar-refractivity contribution in [1.29, 1.82) is 0 Å². The smallest absolute Gasteiger partial charge is 0.0446 e. The van der Waals surface area contributed by atoms with Crippen molar-refractivity contribution in [3.05, 3.63) is 48.0 Å². The van der Waals surface area contributed by atoms with Crippen molar-refractivity contribution in [2.75, 3.05) is 12.4 Å². The fourth-order valence-corrected chi connectivity index (χ4v) is 2.73. The summed E-state index contributed by atoms with van der Waals surface area (Å²) >= 11 is 5.93.